The second kappa shape index (κ2) is 11.0. The molecule has 1 aliphatic rings. The van der Waals surface area contributed by atoms with Gasteiger partial charge < -0.3 is 25.0 Å². The van der Waals surface area contributed by atoms with Crippen LogP contribution in [0, 0.1) is 0 Å². The van der Waals surface area contributed by atoms with Gasteiger partial charge in [-0.25, -0.2) is 19.7 Å². The van der Waals surface area contributed by atoms with Crippen molar-refractivity contribution >= 4 is 17.9 Å². The van der Waals surface area contributed by atoms with Gasteiger partial charge in [-0.2, -0.15) is 13.2 Å². The zero-order chi connectivity index (χ0) is 28.4. The number of nitrogens with zero attached hydrogens (tertiary/aromatic N) is 4. The Balaban J connectivity index is 1.60. The molecule has 4 rings (SSSR count). The van der Waals surface area contributed by atoms with Crippen LogP contribution in [-0.2, 0) is 11.8 Å². The second-order valence-corrected chi connectivity index (χ2v) is 10.3. The van der Waals surface area contributed by atoms with Crippen molar-refractivity contribution in [2.45, 2.75) is 57.7 Å². The van der Waals surface area contributed by atoms with Gasteiger partial charge in [0.05, 0.1) is 30.3 Å². The Morgan fingerprint density at radius 2 is 2.00 bits per heavy atom. The number of aliphatic hydroxyl groups is 1. The van der Waals surface area contributed by atoms with Crippen LogP contribution in [0.2, 0.25) is 0 Å². The molecule has 0 saturated heterocycles. The molecule has 1 unspecified atom stereocenters. The van der Waals surface area contributed by atoms with E-state index < -0.39 is 24.2 Å². The number of carbonyl (C=O) groups is 1. The average molecular weight is 545 g/mol. The highest BCUT2D eigenvalue weighted by molar-refractivity contribution is 5.90. The molecule has 0 radical (unpaired) electrons. The van der Waals surface area contributed by atoms with Crippen LogP contribution in [0.25, 0.3) is 17.5 Å². The molecule has 39 heavy (non-hydrogen) atoms. The molecule has 0 saturated carbocycles. The molecule has 0 spiro atoms. The SMILES string of the molecule is CC(C)Oc1cc(NC(=O)NCC(F)(F)F)cc(-c2cnc3n2C=CC(c2nccc(C(C)(C)CO)n2)C3)c1. The number of aromatic nitrogens is 4. The Bertz CT molecular complexity index is 1370. The second-order valence-electron chi connectivity index (χ2n) is 10.3. The van der Waals surface area contributed by atoms with Crippen molar-refractivity contribution in [3.8, 4) is 17.0 Å². The Labute approximate surface area is 224 Å². The number of hydrogen-bond acceptors (Lipinski definition) is 6. The van der Waals surface area contributed by atoms with Gasteiger partial charge in [-0.3, -0.25) is 0 Å². The van der Waals surface area contributed by atoms with Gasteiger partial charge in [0.2, 0.25) is 0 Å². The summed E-state index contributed by atoms with van der Waals surface area (Å²) in [7, 11) is 0. The monoisotopic (exact) mass is 544 g/mol. The third-order valence-electron chi connectivity index (χ3n) is 6.12. The number of allylic oxidation sites excluding steroid dienone is 1. The molecule has 1 atom stereocenters. The van der Waals surface area contributed by atoms with E-state index in [0.29, 0.717) is 29.3 Å². The zero-order valence-electron chi connectivity index (χ0n) is 22.1. The number of anilines is 1. The van der Waals surface area contributed by atoms with Crippen LogP contribution in [0.3, 0.4) is 0 Å². The third kappa shape index (κ3) is 6.94. The first-order chi connectivity index (χ1) is 18.3. The van der Waals surface area contributed by atoms with Gasteiger partial charge in [-0.1, -0.05) is 19.9 Å². The molecule has 0 aliphatic carbocycles. The van der Waals surface area contributed by atoms with Crippen molar-refractivity contribution in [2.75, 3.05) is 18.5 Å². The van der Waals surface area contributed by atoms with E-state index >= 15 is 0 Å². The van der Waals surface area contributed by atoms with E-state index in [1.54, 1.807) is 42.0 Å². The molecule has 0 bridgehead atoms. The van der Waals surface area contributed by atoms with E-state index in [2.05, 4.69) is 15.3 Å². The lowest BCUT2D eigenvalue weighted by Crippen LogP contribution is -2.36. The maximum Gasteiger partial charge on any atom is 0.405 e. The Morgan fingerprint density at radius 1 is 1.23 bits per heavy atom. The highest BCUT2D eigenvalue weighted by atomic mass is 19.4. The lowest BCUT2D eigenvalue weighted by Gasteiger charge is -2.23. The summed E-state index contributed by atoms with van der Waals surface area (Å²) in [6, 6.07) is 5.80. The summed E-state index contributed by atoms with van der Waals surface area (Å²) in [4.78, 5) is 25.8. The quantitative estimate of drug-likeness (QED) is 0.372. The normalized spacial score (nSPS) is 15.3. The number of hydrogen-bond donors (Lipinski definition) is 3. The van der Waals surface area contributed by atoms with Crippen LogP contribution in [0.15, 0.2) is 42.7 Å². The van der Waals surface area contributed by atoms with Crippen LogP contribution in [-0.4, -0.2) is 56.1 Å². The number of benzene rings is 1. The van der Waals surface area contributed by atoms with Gasteiger partial charge >= 0.3 is 12.2 Å². The molecule has 3 N–H and O–H groups in total. The van der Waals surface area contributed by atoms with E-state index in [1.807, 2.05) is 44.5 Å². The summed E-state index contributed by atoms with van der Waals surface area (Å²) < 4.78 is 45.2. The third-order valence-corrected chi connectivity index (χ3v) is 6.12. The molecule has 1 aromatic carbocycles. The first kappa shape index (κ1) is 28.1. The van der Waals surface area contributed by atoms with E-state index in [4.69, 9.17) is 9.72 Å². The van der Waals surface area contributed by atoms with E-state index in [9.17, 15) is 23.1 Å². The van der Waals surface area contributed by atoms with Crippen molar-refractivity contribution in [1.29, 1.82) is 0 Å². The Hall–Kier alpha value is -3.93. The minimum absolute atomic E-state index is 0.0435. The Kier molecular flexibility index (Phi) is 7.96. The fraction of sp³-hybridized carbons (Fsp3) is 0.407. The molecule has 3 heterocycles. The molecule has 12 heteroatoms. The molecule has 2 amide bonds. The number of nitrogens with one attached hydrogen (secondary N) is 2. The maximum atomic E-state index is 12.5. The molecule has 2 aromatic heterocycles. The highest BCUT2D eigenvalue weighted by Gasteiger charge is 2.28. The fourth-order valence-corrected chi connectivity index (χ4v) is 4.09. The van der Waals surface area contributed by atoms with Crippen molar-refractivity contribution < 1.29 is 27.8 Å². The number of amides is 2. The van der Waals surface area contributed by atoms with E-state index in [0.717, 1.165) is 11.5 Å². The number of alkyl halides is 3. The van der Waals surface area contributed by atoms with E-state index in [-0.39, 0.29) is 24.3 Å². The Morgan fingerprint density at radius 3 is 2.69 bits per heavy atom. The number of rotatable bonds is 8. The minimum atomic E-state index is -4.52. The largest absolute Gasteiger partial charge is 0.491 e. The van der Waals surface area contributed by atoms with Crippen molar-refractivity contribution in [3.05, 3.63) is 60.1 Å². The zero-order valence-corrected chi connectivity index (χ0v) is 22.1. The fourth-order valence-electron chi connectivity index (χ4n) is 4.09. The molecule has 9 nitrogen and oxygen atoms in total. The van der Waals surface area contributed by atoms with Crippen LogP contribution >= 0.6 is 0 Å². The number of ether oxygens (including phenoxy) is 1. The topological polar surface area (TPSA) is 114 Å². The maximum absolute atomic E-state index is 12.5. The first-order valence-corrected chi connectivity index (χ1v) is 12.5. The summed E-state index contributed by atoms with van der Waals surface area (Å²) in [6.07, 6.45) is 3.07. The van der Waals surface area contributed by atoms with Gasteiger partial charge in [0.25, 0.3) is 0 Å². The summed E-state index contributed by atoms with van der Waals surface area (Å²) in [6.45, 7) is 6.03. The number of aliphatic hydroxyl groups excluding tert-OH is 1. The highest BCUT2D eigenvalue weighted by Crippen LogP contribution is 2.34. The van der Waals surface area contributed by atoms with Crippen LogP contribution < -0.4 is 15.4 Å². The van der Waals surface area contributed by atoms with Gasteiger partial charge in [-0.15, -0.1) is 0 Å². The molecular formula is C27H31F3N6O3. The first-order valence-electron chi connectivity index (χ1n) is 12.5. The van der Waals surface area contributed by atoms with Crippen LogP contribution in [0.5, 0.6) is 5.75 Å². The molecule has 1 aliphatic heterocycles. The number of halogens is 3. The average Bonchev–Trinajstić information content (AvgIpc) is 3.30. The summed E-state index contributed by atoms with van der Waals surface area (Å²) in [5.41, 5.74) is 1.89. The predicted molar refractivity (Wildman–Crippen MR) is 140 cm³/mol. The summed E-state index contributed by atoms with van der Waals surface area (Å²) >= 11 is 0. The molecule has 0 fully saturated rings. The molecular weight excluding hydrogens is 513 g/mol. The van der Waals surface area contributed by atoms with Crippen LogP contribution in [0.4, 0.5) is 23.7 Å². The number of fused-ring (bicyclic) bond motifs is 1. The number of urea groups is 1. The van der Waals surface area contributed by atoms with Crippen molar-refractivity contribution in [2.24, 2.45) is 0 Å². The number of imidazole rings is 1. The van der Waals surface area contributed by atoms with Crippen LogP contribution in [0.1, 0.15) is 51.0 Å². The van der Waals surface area contributed by atoms with Gasteiger partial charge in [0.1, 0.15) is 23.9 Å². The standard InChI is InChI=1S/C27H31F3N6O3/c1-16(2)39-20-10-18(9-19(12-20)34-25(38)33-14-27(28,29)30)21-13-32-23-11-17(6-8-36(21)23)24-31-7-5-22(35-24)26(3,4)15-37/h5-10,12-13,16-17,37H,11,14-15H2,1-4H3,(H2,33,34,38). The summed E-state index contributed by atoms with van der Waals surface area (Å²) in [5.74, 6) is 1.72. The van der Waals surface area contributed by atoms with Gasteiger partial charge in [-0.05, 0) is 32.0 Å². The molecule has 208 valence electrons. The smallest absolute Gasteiger partial charge is 0.405 e. The lowest BCUT2D eigenvalue weighted by molar-refractivity contribution is -0.122. The predicted octanol–water partition coefficient (Wildman–Crippen LogP) is 4.89. The van der Waals surface area contributed by atoms with Gasteiger partial charge in [0.15, 0.2) is 0 Å². The van der Waals surface area contributed by atoms with E-state index in [1.165, 1.54) is 0 Å². The number of carbonyl (C=O) groups excluding carboxylic acids is 1. The van der Waals surface area contributed by atoms with Gasteiger partial charge in [0, 0.05) is 47.5 Å². The minimum Gasteiger partial charge on any atom is -0.491 e. The summed E-state index contributed by atoms with van der Waals surface area (Å²) in [5, 5.41) is 14.0. The van der Waals surface area contributed by atoms with Crippen molar-refractivity contribution in [3.63, 3.8) is 0 Å². The van der Waals surface area contributed by atoms with Crippen molar-refractivity contribution in [1.82, 2.24) is 24.8 Å². The lowest BCUT2D eigenvalue weighted by atomic mass is 9.90. The molecule has 3 aromatic rings.